The van der Waals surface area contributed by atoms with E-state index in [2.05, 4.69) is 32.1 Å². The van der Waals surface area contributed by atoms with E-state index in [1.54, 1.807) is 31.2 Å². The number of carbonyl (C=O) groups is 1. The lowest BCUT2D eigenvalue weighted by atomic mass is 9.97. The van der Waals surface area contributed by atoms with E-state index < -0.39 is 18.0 Å². The van der Waals surface area contributed by atoms with Crippen molar-refractivity contribution in [3.05, 3.63) is 48.6 Å². The third kappa shape index (κ3) is 10.4. The summed E-state index contributed by atoms with van der Waals surface area (Å²) in [5.74, 6) is 5.17. The summed E-state index contributed by atoms with van der Waals surface area (Å²) in [5.41, 5.74) is 1.09. The Morgan fingerprint density at radius 3 is 2.51 bits per heavy atom. The Morgan fingerprint density at radius 2 is 1.93 bits per heavy atom. The largest absolute Gasteiger partial charge is 0.573 e. The van der Waals surface area contributed by atoms with Crippen LogP contribution < -0.4 is 20.8 Å². The summed E-state index contributed by atoms with van der Waals surface area (Å²) in [4.78, 5) is 16.6. The number of unbranched alkanes of at least 4 members (excludes halogenated alkanes) is 1. The number of nitrogens with two attached hydrogens (primary N) is 1. The zero-order chi connectivity index (χ0) is 30.0. The van der Waals surface area contributed by atoms with Gasteiger partial charge in [0.2, 0.25) is 5.91 Å². The number of hydrazone groups is 1. The molecule has 0 aromatic heterocycles. The highest BCUT2D eigenvalue weighted by Crippen LogP contribution is 2.26. The van der Waals surface area contributed by atoms with Crippen LogP contribution in [-0.2, 0) is 4.79 Å². The molecule has 0 saturated carbocycles. The topological polar surface area (TPSA) is 131 Å². The summed E-state index contributed by atoms with van der Waals surface area (Å²) in [6, 6.07) is 5.74. The first-order valence-corrected chi connectivity index (χ1v) is 13.5. The van der Waals surface area contributed by atoms with Gasteiger partial charge in [-0.05, 0) is 63.5 Å². The Bertz CT molecular complexity index is 1120. The molecular weight excluding hydrogens is 541 g/mol. The first-order chi connectivity index (χ1) is 19.4. The van der Waals surface area contributed by atoms with Crippen LogP contribution in [0.2, 0.25) is 0 Å². The number of allylic oxidation sites excluding steroid dienone is 2. The van der Waals surface area contributed by atoms with E-state index in [1.165, 1.54) is 12.1 Å². The maximum atomic E-state index is 12.6. The minimum absolute atomic E-state index is 0.155. The molecule has 2 atom stereocenters. The highest BCUT2D eigenvalue weighted by molar-refractivity contribution is 6.04. The van der Waals surface area contributed by atoms with Crippen LogP contribution in [0.1, 0.15) is 33.1 Å². The SMILES string of the molecule is C=C(/C=C\C(=N/N)NC(=O)CN1CCN(c2ccc(OC(F)(F)F)cc2)CC1)CCCCN1CC(C)(C(C)O)N=N1. The average Bonchev–Trinajstić information content (AvgIpc) is 3.31. The number of ether oxygens (including phenoxy) is 1. The summed E-state index contributed by atoms with van der Waals surface area (Å²) < 4.78 is 41.0. The molecule has 0 aliphatic carbocycles. The number of halogens is 3. The molecule has 2 aliphatic heterocycles. The van der Waals surface area contributed by atoms with Gasteiger partial charge in [-0.2, -0.15) is 10.2 Å². The highest BCUT2D eigenvalue weighted by atomic mass is 19.4. The first-order valence-electron chi connectivity index (χ1n) is 13.5. The zero-order valence-corrected chi connectivity index (χ0v) is 23.5. The maximum absolute atomic E-state index is 12.6. The average molecular weight is 581 g/mol. The van der Waals surface area contributed by atoms with Crippen molar-refractivity contribution in [3.63, 3.8) is 0 Å². The molecule has 3 rings (SSSR count). The minimum Gasteiger partial charge on any atom is -0.406 e. The van der Waals surface area contributed by atoms with Gasteiger partial charge in [0.25, 0.3) is 0 Å². The standard InChI is InChI=1S/C27H39F3N8O3/c1-20(6-4-5-13-38-19-26(3,21(2)39)34-35-38)7-12-24(33-31)32-25(40)18-36-14-16-37(17-15-36)22-8-10-23(11-9-22)41-27(28,29)30/h7-12,21,39H,1,4-6,13-19,31H2,2-3H3,(H,32,33,40)/b12-7-. The highest BCUT2D eigenvalue weighted by Gasteiger charge is 2.36. The summed E-state index contributed by atoms with van der Waals surface area (Å²) >= 11 is 0. The molecule has 41 heavy (non-hydrogen) atoms. The molecule has 0 spiro atoms. The molecule has 0 bridgehead atoms. The number of amidine groups is 1. The molecule has 1 amide bonds. The van der Waals surface area contributed by atoms with Gasteiger partial charge in [-0.1, -0.05) is 23.5 Å². The van der Waals surface area contributed by atoms with E-state index in [9.17, 15) is 23.1 Å². The van der Waals surface area contributed by atoms with Crippen LogP contribution in [0, 0.1) is 0 Å². The fraction of sp³-hybridized carbons (Fsp3) is 0.556. The Morgan fingerprint density at radius 1 is 1.24 bits per heavy atom. The molecule has 11 nitrogen and oxygen atoms in total. The van der Waals surface area contributed by atoms with E-state index in [-0.39, 0.29) is 24.0 Å². The fourth-order valence-corrected chi connectivity index (χ4v) is 4.39. The van der Waals surface area contributed by atoms with Gasteiger partial charge in [0.15, 0.2) is 5.84 Å². The van der Waals surface area contributed by atoms with Gasteiger partial charge < -0.3 is 25.9 Å². The normalized spacial score (nSPS) is 21.0. The van der Waals surface area contributed by atoms with E-state index in [0.29, 0.717) is 32.7 Å². The van der Waals surface area contributed by atoms with Crippen LogP contribution in [0.4, 0.5) is 18.9 Å². The third-order valence-corrected chi connectivity index (χ3v) is 7.02. The van der Waals surface area contributed by atoms with Crippen molar-refractivity contribution in [1.29, 1.82) is 0 Å². The van der Waals surface area contributed by atoms with Gasteiger partial charge in [-0.15, -0.1) is 13.2 Å². The van der Waals surface area contributed by atoms with Gasteiger partial charge in [0.05, 0.1) is 19.2 Å². The predicted molar refractivity (Wildman–Crippen MR) is 150 cm³/mol. The second-order valence-corrected chi connectivity index (χ2v) is 10.4. The Labute approximate surface area is 238 Å². The number of aliphatic hydroxyl groups excluding tert-OH is 1. The molecule has 4 N–H and O–H groups in total. The molecule has 2 aliphatic rings. The molecule has 0 radical (unpaired) electrons. The Kier molecular flexibility index (Phi) is 11.1. The Hall–Kier alpha value is -3.65. The van der Waals surface area contributed by atoms with Crippen LogP contribution in [0.3, 0.4) is 0 Å². The smallest absolute Gasteiger partial charge is 0.406 e. The molecule has 14 heteroatoms. The number of anilines is 1. The van der Waals surface area contributed by atoms with Gasteiger partial charge in [-0.3, -0.25) is 14.7 Å². The number of alkyl halides is 3. The molecule has 1 aromatic rings. The number of amides is 1. The molecule has 2 heterocycles. The lowest BCUT2D eigenvalue weighted by molar-refractivity contribution is -0.274. The van der Waals surface area contributed by atoms with Gasteiger partial charge in [-0.25, -0.2) is 0 Å². The number of nitrogens with one attached hydrogen (secondary N) is 1. The van der Waals surface area contributed by atoms with Crippen molar-refractivity contribution >= 4 is 17.4 Å². The molecule has 1 fully saturated rings. The molecule has 226 valence electrons. The molecule has 2 unspecified atom stereocenters. The van der Waals surface area contributed by atoms with Gasteiger partial charge >= 0.3 is 6.36 Å². The molecule has 1 saturated heterocycles. The van der Waals surface area contributed by atoms with E-state index in [1.807, 2.05) is 21.7 Å². The number of nitrogens with zero attached hydrogens (tertiary/aromatic N) is 6. The predicted octanol–water partition coefficient (Wildman–Crippen LogP) is 3.20. The maximum Gasteiger partial charge on any atom is 0.573 e. The molecule has 1 aromatic carbocycles. The minimum atomic E-state index is -4.72. The van der Waals surface area contributed by atoms with Crippen molar-refractivity contribution < 1.29 is 27.8 Å². The molecular formula is C27H39F3N8O3. The number of hydrogen-bond donors (Lipinski definition) is 3. The van der Waals surface area contributed by atoms with E-state index in [0.717, 1.165) is 37.1 Å². The van der Waals surface area contributed by atoms with Crippen LogP contribution in [0.15, 0.2) is 64.0 Å². The van der Waals surface area contributed by atoms with Crippen molar-refractivity contribution in [2.45, 2.75) is 51.1 Å². The second-order valence-electron chi connectivity index (χ2n) is 10.4. The van der Waals surface area contributed by atoms with Crippen molar-refractivity contribution in [3.8, 4) is 5.75 Å². The number of benzene rings is 1. The quantitative estimate of drug-likeness (QED) is 0.0864. The number of aliphatic hydroxyl groups is 1. The van der Waals surface area contributed by atoms with Crippen molar-refractivity contribution in [2.75, 3.05) is 50.7 Å². The van der Waals surface area contributed by atoms with Gasteiger partial charge in [0, 0.05) is 38.4 Å². The summed E-state index contributed by atoms with van der Waals surface area (Å²) in [7, 11) is 0. The monoisotopic (exact) mass is 580 g/mol. The van der Waals surface area contributed by atoms with Crippen LogP contribution in [0.5, 0.6) is 5.75 Å². The lowest BCUT2D eigenvalue weighted by Gasteiger charge is -2.35. The third-order valence-electron chi connectivity index (χ3n) is 7.02. The number of piperazine rings is 1. The van der Waals surface area contributed by atoms with E-state index in [4.69, 9.17) is 5.84 Å². The lowest BCUT2D eigenvalue weighted by Crippen LogP contribution is -2.50. The van der Waals surface area contributed by atoms with Gasteiger partial charge in [0.1, 0.15) is 11.3 Å². The number of carbonyl (C=O) groups excluding carboxylic acids is 1. The Balaban J connectivity index is 1.33. The van der Waals surface area contributed by atoms with E-state index >= 15 is 0 Å². The number of rotatable bonds is 12. The number of hydrogen-bond acceptors (Lipinski definition) is 10. The van der Waals surface area contributed by atoms with Crippen LogP contribution in [0.25, 0.3) is 0 Å². The fourth-order valence-electron chi connectivity index (χ4n) is 4.39. The van der Waals surface area contributed by atoms with Crippen molar-refractivity contribution in [2.24, 2.45) is 21.3 Å². The summed E-state index contributed by atoms with van der Waals surface area (Å²) in [6.07, 6.45) is 0.639. The summed E-state index contributed by atoms with van der Waals surface area (Å²) in [6.45, 7) is 11.6. The second kappa shape index (κ2) is 14.3. The zero-order valence-electron chi connectivity index (χ0n) is 23.5. The van der Waals surface area contributed by atoms with Crippen LogP contribution in [-0.4, -0.2) is 90.6 Å². The van der Waals surface area contributed by atoms with Crippen molar-refractivity contribution in [1.82, 2.24) is 15.2 Å². The first kappa shape index (κ1) is 31.9. The van der Waals surface area contributed by atoms with Crippen LogP contribution >= 0.6 is 0 Å². The summed E-state index contributed by atoms with van der Waals surface area (Å²) in [5, 5.41) is 26.4.